The van der Waals surface area contributed by atoms with Crippen LogP contribution >= 0.6 is 0 Å². The molecule has 5 nitrogen and oxygen atoms in total. The second kappa shape index (κ2) is 6.51. The van der Waals surface area contributed by atoms with E-state index >= 15 is 0 Å². The highest BCUT2D eigenvalue weighted by atomic mass is 19.4. The lowest BCUT2D eigenvalue weighted by Gasteiger charge is -2.23. The Morgan fingerprint density at radius 3 is 2.57 bits per heavy atom. The molecule has 1 aliphatic heterocycles. The van der Waals surface area contributed by atoms with Crippen LogP contribution in [0, 0.1) is 0 Å². The molecule has 0 spiro atoms. The molecule has 122 valence electrons. The second-order valence-corrected chi connectivity index (χ2v) is 5.09. The van der Waals surface area contributed by atoms with Crippen LogP contribution in [0.1, 0.15) is 17.4 Å². The summed E-state index contributed by atoms with van der Waals surface area (Å²) in [5, 5.41) is 6.14. The summed E-state index contributed by atoms with van der Waals surface area (Å²) in [4.78, 5) is 8.08. The first-order chi connectivity index (χ1) is 11.0. The standard InChI is InChI=1S/C15H15F3N4O/c16-15(17,18)10-1-4-14(21-7-10)22-11-2-3-12(20-8-11)13-9-19-5-6-23-13/h1-4,7-8,13,19H,5-6,9H2,(H,21,22). The molecule has 23 heavy (non-hydrogen) atoms. The van der Waals surface area contributed by atoms with Crippen LogP contribution in [0.4, 0.5) is 24.7 Å². The largest absolute Gasteiger partial charge is 0.417 e. The zero-order valence-electron chi connectivity index (χ0n) is 12.1. The van der Waals surface area contributed by atoms with Crippen LogP contribution in [-0.2, 0) is 10.9 Å². The molecule has 1 saturated heterocycles. The third-order valence-electron chi connectivity index (χ3n) is 3.41. The monoisotopic (exact) mass is 324 g/mol. The summed E-state index contributed by atoms with van der Waals surface area (Å²) in [6.07, 6.45) is -2.07. The van der Waals surface area contributed by atoms with E-state index in [1.807, 2.05) is 6.07 Å². The maximum atomic E-state index is 12.5. The van der Waals surface area contributed by atoms with Crippen molar-refractivity contribution in [1.29, 1.82) is 0 Å². The second-order valence-electron chi connectivity index (χ2n) is 5.09. The highest BCUT2D eigenvalue weighted by molar-refractivity contribution is 5.55. The van der Waals surface area contributed by atoms with Crippen LogP contribution < -0.4 is 10.6 Å². The first-order valence-corrected chi connectivity index (χ1v) is 7.11. The van der Waals surface area contributed by atoms with Gasteiger partial charge in [-0.1, -0.05) is 0 Å². The van der Waals surface area contributed by atoms with Gasteiger partial charge in [0.15, 0.2) is 0 Å². The zero-order valence-corrected chi connectivity index (χ0v) is 12.1. The molecule has 0 bridgehead atoms. The quantitative estimate of drug-likeness (QED) is 0.909. The molecule has 8 heteroatoms. The summed E-state index contributed by atoms with van der Waals surface area (Å²) < 4.78 is 43.0. The van der Waals surface area contributed by atoms with Crippen molar-refractivity contribution in [2.45, 2.75) is 12.3 Å². The number of anilines is 2. The van der Waals surface area contributed by atoms with Gasteiger partial charge in [-0.2, -0.15) is 13.2 Å². The molecule has 0 radical (unpaired) electrons. The average Bonchev–Trinajstić information content (AvgIpc) is 2.56. The van der Waals surface area contributed by atoms with Gasteiger partial charge in [-0.3, -0.25) is 4.98 Å². The Balaban J connectivity index is 1.66. The van der Waals surface area contributed by atoms with Gasteiger partial charge >= 0.3 is 6.18 Å². The summed E-state index contributed by atoms with van der Waals surface area (Å²) in [6.45, 7) is 2.18. The van der Waals surface area contributed by atoms with Gasteiger partial charge in [-0.15, -0.1) is 0 Å². The van der Waals surface area contributed by atoms with Crippen molar-refractivity contribution in [3.8, 4) is 0 Å². The number of pyridine rings is 2. The molecule has 0 aliphatic carbocycles. The Kier molecular flexibility index (Phi) is 4.44. The van der Waals surface area contributed by atoms with E-state index in [1.165, 1.54) is 6.07 Å². The topological polar surface area (TPSA) is 59.1 Å². The number of alkyl halides is 3. The van der Waals surface area contributed by atoms with Crippen LogP contribution in [0.3, 0.4) is 0 Å². The molecule has 1 fully saturated rings. The first-order valence-electron chi connectivity index (χ1n) is 7.11. The molecule has 1 aliphatic rings. The zero-order chi connectivity index (χ0) is 16.3. The summed E-state index contributed by atoms with van der Waals surface area (Å²) in [6, 6.07) is 5.88. The van der Waals surface area contributed by atoms with E-state index in [2.05, 4.69) is 20.6 Å². The van der Waals surface area contributed by atoms with Gasteiger partial charge in [0, 0.05) is 19.3 Å². The van der Waals surface area contributed by atoms with Crippen molar-refractivity contribution in [2.24, 2.45) is 0 Å². The molecular formula is C15H15F3N4O. The van der Waals surface area contributed by atoms with E-state index in [1.54, 1.807) is 12.3 Å². The fourth-order valence-electron chi connectivity index (χ4n) is 2.21. The highest BCUT2D eigenvalue weighted by Crippen LogP contribution is 2.29. The lowest BCUT2D eigenvalue weighted by atomic mass is 10.2. The molecule has 3 rings (SSSR count). The molecule has 2 aromatic heterocycles. The summed E-state index contributed by atoms with van der Waals surface area (Å²) in [5.41, 5.74) is 0.673. The lowest BCUT2D eigenvalue weighted by molar-refractivity contribution is -0.137. The molecular weight excluding hydrogens is 309 g/mol. The van der Waals surface area contributed by atoms with Gasteiger partial charge in [0.05, 0.1) is 29.7 Å². The van der Waals surface area contributed by atoms with Crippen LogP contribution in [0.5, 0.6) is 0 Å². The minimum Gasteiger partial charge on any atom is -0.369 e. The third-order valence-corrected chi connectivity index (χ3v) is 3.41. The van der Waals surface area contributed by atoms with Crippen molar-refractivity contribution in [3.63, 3.8) is 0 Å². The fraction of sp³-hybridized carbons (Fsp3) is 0.333. The summed E-state index contributed by atoms with van der Waals surface area (Å²) >= 11 is 0. The molecule has 1 atom stereocenters. The van der Waals surface area contributed by atoms with Gasteiger partial charge in [0.1, 0.15) is 11.9 Å². The lowest BCUT2D eigenvalue weighted by Crippen LogP contribution is -2.33. The number of ether oxygens (including phenoxy) is 1. The predicted octanol–water partition coefficient (Wildman–Crippen LogP) is 2.90. The summed E-state index contributed by atoms with van der Waals surface area (Å²) in [5.74, 6) is 0.322. The van der Waals surface area contributed by atoms with E-state index in [0.717, 1.165) is 24.5 Å². The number of rotatable bonds is 3. The Morgan fingerprint density at radius 2 is 2.00 bits per heavy atom. The minimum absolute atomic E-state index is 0.0815. The SMILES string of the molecule is FC(F)(F)c1ccc(Nc2ccc(C3CNCCO3)nc2)nc1. The van der Waals surface area contributed by atoms with Crippen molar-refractivity contribution in [3.05, 3.63) is 47.9 Å². The van der Waals surface area contributed by atoms with Crippen LogP contribution in [0.25, 0.3) is 0 Å². The molecule has 0 saturated carbocycles. The maximum Gasteiger partial charge on any atom is 0.417 e. The fourth-order valence-corrected chi connectivity index (χ4v) is 2.21. The van der Waals surface area contributed by atoms with E-state index in [9.17, 15) is 13.2 Å². The average molecular weight is 324 g/mol. The Bertz CT molecular complexity index is 637. The number of hydrogen-bond donors (Lipinski definition) is 2. The van der Waals surface area contributed by atoms with Crippen LogP contribution in [-0.4, -0.2) is 29.7 Å². The highest BCUT2D eigenvalue weighted by Gasteiger charge is 2.30. The molecule has 1 unspecified atom stereocenters. The third kappa shape index (κ3) is 3.96. The Morgan fingerprint density at radius 1 is 1.13 bits per heavy atom. The number of halogens is 3. The number of nitrogens with one attached hydrogen (secondary N) is 2. The Hall–Kier alpha value is -2.19. The van der Waals surface area contributed by atoms with Gasteiger partial charge in [-0.25, -0.2) is 4.98 Å². The summed E-state index contributed by atoms with van der Waals surface area (Å²) in [7, 11) is 0. The molecule has 3 heterocycles. The minimum atomic E-state index is -4.39. The molecule has 0 aromatic carbocycles. The number of morpholine rings is 1. The van der Waals surface area contributed by atoms with Gasteiger partial charge in [0.2, 0.25) is 0 Å². The normalized spacial score (nSPS) is 18.7. The molecule has 2 N–H and O–H groups in total. The Labute approximate surface area is 130 Å². The van der Waals surface area contributed by atoms with Gasteiger partial charge < -0.3 is 15.4 Å². The van der Waals surface area contributed by atoms with Gasteiger partial charge in [-0.05, 0) is 24.3 Å². The van der Waals surface area contributed by atoms with Crippen molar-refractivity contribution < 1.29 is 17.9 Å². The number of aromatic nitrogens is 2. The first kappa shape index (κ1) is 15.7. The van der Waals surface area contributed by atoms with E-state index in [4.69, 9.17) is 4.74 Å². The smallest absolute Gasteiger partial charge is 0.369 e. The van der Waals surface area contributed by atoms with E-state index in [-0.39, 0.29) is 6.10 Å². The molecule has 2 aromatic rings. The van der Waals surface area contributed by atoms with E-state index < -0.39 is 11.7 Å². The van der Waals surface area contributed by atoms with E-state index in [0.29, 0.717) is 24.7 Å². The predicted molar refractivity (Wildman–Crippen MR) is 78.3 cm³/mol. The van der Waals surface area contributed by atoms with Gasteiger partial charge in [0.25, 0.3) is 0 Å². The van der Waals surface area contributed by atoms with Crippen molar-refractivity contribution >= 4 is 11.5 Å². The maximum absolute atomic E-state index is 12.5. The van der Waals surface area contributed by atoms with Crippen molar-refractivity contribution in [1.82, 2.24) is 15.3 Å². The van der Waals surface area contributed by atoms with Crippen LogP contribution in [0.15, 0.2) is 36.7 Å². The molecule has 0 amide bonds. The number of hydrogen-bond acceptors (Lipinski definition) is 5. The number of nitrogens with zero attached hydrogens (tertiary/aromatic N) is 2. The van der Waals surface area contributed by atoms with Crippen LogP contribution in [0.2, 0.25) is 0 Å². The van der Waals surface area contributed by atoms with Crippen molar-refractivity contribution in [2.75, 3.05) is 25.0 Å².